The first-order valence-electron chi connectivity index (χ1n) is 5.37. The molecule has 2 heterocycles. The summed E-state index contributed by atoms with van der Waals surface area (Å²) < 4.78 is 38.1. The summed E-state index contributed by atoms with van der Waals surface area (Å²) in [6.07, 6.45) is -3.51. The second kappa shape index (κ2) is 5.73. The molecule has 0 bridgehead atoms. The van der Waals surface area contributed by atoms with Gasteiger partial charge in [-0.3, -0.25) is 4.90 Å². The van der Waals surface area contributed by atoms with Crippen LogP contribution in [0.2, 0.25) is 0 Å². The standard InChI is InChI=1S/C10H14F3N3S.ClH/c1-6-15-9(10(11,12)13)8(17-6)5-16-3-2-7(14)4-16;/h7H,2-5,14H2,1H3;1H/t7-;/m0./s1. The second-order valence-corrected chi connectivity index (χ2v) is 5.57. The van der Waals surface area contributed by atoms with Crippen molar-refractivity contribution in [3.05, 3.63) is 15.6 Å². The van der Waals surface area contributed by atoms with E-state index in [0.29, 0.717) is 23.0 Å². The molecule has 3 nitrogen and oxygen atoms in total. The third-order valence-corrected chi connectivity index (χ3v) is 3.70. The van der Waals surface area contributed by atoms with Gasteiger partial charge in [-0.15, -0.1) is 23.7 Å². The van der Waals surface area contributed by atoms with Crippen LogP contribution in [0, 0.1) is 6.92 Å². The van der Waals surface area contributed by atoms with Gasteiger partial charge in [0.05, 0.1) is 9.88 Å². The van der Waals surface area contributed by atoms with Crippen molar-refractivity contribution in [3.63, 3.8) is 0 Å². The van der Waals surface area contributed by atoms with Gasteiger partial charge in [0.1, 0.15) is 0 Å². The first kappa shape index (κ1) is 15.7. The maximum atomic E-state index is 12.7. The number of nitrogens with zero attached hydrogens (tertiary/aromatic N) is 2. The van der Waals surface area contributed by atoms with Gasteiger partial charge in [-0.2, -0.15) is 13.2 Å². The molecule has 1 saturated heterocycles. The van der Waals surface area contributed by atoms with Gasteiger partial charge in [0, 0.05) is 25.7 Å². The zero-order valence-corrected chi connectivity index (χ0v) is 11.5. The van der Waals surface area contributed by atoms with Crippen LogP contribution in [0.1, 0.15) is 22.0 Å². The van der Waals surface area contributed by atoms with E-state index in [2.05, 4.69) is 4.98 Å². The van der Waals surface area contributed by atoms with Gasteiger partial charge >= 0.3 is 6.18 Å². The molecule has 2 rings (SSSR count). The Labute approximate surface area is 114 Å². The Hall–Kier alpha value is -0.370. The summed E-state index contributed by atoms with van der Waals surface area (Å²) in [6, 6.07) is 0.0818. The van der Waals surface area contributed by atoms with E-state index < -0.39 is 11.9 Å². The summed E-state index contributed by atoms with van der Waals surface area (Å²) in [5.41, 5.74) is 5.00. The van der Waals surface area contributed by atoms with Crippen LogP contribution in [0.5, 0.6) is 0 Å². The predicted molar refractivity (Wildman–Crippen MR) is 67.0 cm³/mol. The van der Waals surface area contributed by atoms with Gasteiger partial charge in [-0.25, -0.2) is 4.98 Å². The lowest BCUT2D eigenvalue weighted by atomic mass is 10.3. The van der Waals surface area contributed by atoms with E-state index >= 15 is 0 Å². The zero-order chi connectivity index (χ0) is 12.6. The van der Waals surface area contributed by atoms with Crippen LogP contribution in [-0.2, 0) is 12.7 Å². The largest absolute Gasteiger partial charge is 0.434 e. The lowest BCUT2D eigenvalue weighted by Crippen LogP contribution is -2.26. The van der Waals surface area contributed by atoms with Crippen molar-refractivity contribution in [2.45, 2.75) is 32.1 Å². The highest BCUT2D eigenvalue weighted by Crippen LogP contribution is 2.35. The minimum atomic E-state index is -4.36. The number of thiazole rings is 1. The molecular weight excluding hydrogens is 287 g/mol. The number of rotatable bonds is 2. The average Bonchev–Trinajstić information content (AvgIpc) is 2.72. The minimum Gasteiger partial charge on any atom is -0.326 e. The molecule has 1 aromatic rings. The van der Waals surface area contributed by atoms with Crippen molar-refractivity contribution in [2.75, 3.05) is 13.1 Å². The number of likely N-dealkylation sites (tertiary alicyclic amines) is 1. The Morgan fingerprint density at radius 3 is 2.67 bits per heavy atom. The molecule has 0 unspecified atom stereocenters. The van der Waals surface area contributed by atoms with Crippen LogP contribution in [0.3, 0.4) is 0 Å². The van der Waals surface area contributed by atoms with Crippen molar-refractivity contribution in [2.24, 2.45) is 5.73 Å². The molecule has 0 radical (unpaired) electrons. The molecule has 1 aromatic heterocycles. The first-order valence-corrected chi connectivity index (χ1v) is 6.19. The van der Waals surface area contributed by atoms with Crippen molar-refractivity contribution < 1.29 is 13.2 Å². The fraction of sp³-hybridized carbons (Fsp3) is 0.700. The molecule has 1 aliphatic heterocycles. The topological polar surface area (TPSA) is 42.2 Å². The number of alkyl halides is 3. The summed E-state index contributed by atoms with van der Waals surface area (Å²) in [7, 11) is 0. The van der Waals surface area contributed by atoms with Crippen molar-refractivity contribution in [1.82, 2.24) is 9.88 Å². The van der Waals surface area contributed by atoms with Gasteiger partial charge in [-0.1, -0.05) is 0 Å². The predicted octanol–water partition coefficient (Wildman–Crippen LogP) is 2.43. The van der Waals surface area contributed by atoms with Gasteiger partial charge in [0.15, 0.2) is 5.69 Å². The van der Waals surface area contributed by atoms with E-state index in [1.54, 1.807) is 6.92 Å². The fourth-order valence-corrected chi connectivity index (χ4v) is 3.01. The van der Waals surface area contributed by atoms with Crippen LogP contribution in [-0.4, -0.2) is 29.0 Å². The second-order valence-electron chi connectivity index (χ2n) is 4.29. The smallest absolute Gasteiger partial charge is 0.326 e. The van der Waals surface area contributed by atoms with Gasteiger partial charge in [0.2, 0.25) is 0 Å². The fourth-order valence-electron chi connectivity index (χ4n) is 2.01. The quantitative estimate of drug-likeness (QED) is 0.912. The highest BCUT2D eigenvalue weighted by Gasteiger charge is 2.37. The monoisotopic (exact) mass is 301 g/mol. The third-order valence-electron chi connectivity index (χ3n) is 2.75. The average molecular weight is 302 g/mol. The van der Waals surface area contributed by atoms with Crippen LogP contribution in [0.4, 0.5) is 13.2 Å². The molecular formula is C10H15ClF3N3S. The third kappa shape index (κ3) is 3.57. The van der Waals surface area contributed by atoms with E-state index in [1.165, 1.54) is 0 Å². The molecule has 0 aromatic carbocycles. The normalized spacial score (nSPS) is 21.1. The summed E-state index contributed by atoms with van der Waals surface area (Å²) >= 11 is 1.12. The van der Waals surface area contributed by atoms with E-state index in [0.717, 1.165) is 24.3 Å². The Kier molecular flexibility index (Phi) is 4.99. The number of nitrogens with two attached hydrogens (primary N) is 1. The molecule has 1 fully saturated rings. The Morgan fingerprint density at radius 1 is 1.50 bits per heavy atom. The molecule has 0 saturated carbocycles. The molecule has 1 atom stereocenters. The molecule has 104 valence electrons. The van der Waals surface area contributed by atoms with E-state index in [9.17, 15) is 13.2 Å². The van der Waals surface area contributed by atoms with E-state index in [-0.39, 0.29) is 18.4 Å². The lowest BCUT2D eigenvalue weighted by Gasteiger charge is -2.15. The highest BCUT2D eigenvalue weighted by molar-refractivity contribution is 7.11. The van der Waals surface area contributed by atoms with Gasteiger partial charge in [0.25, 0.3) is 0 Å². The van der Waals surface area contributed by atoms with E-state index in [1.807, 2.05) is 4.90 Å². The maximum Gasteiger partial charge on any atom is 0.434 e. The Morgan fingerprint density at radius 2 is 2.17 bits per heavy atom. The molecule has 2 N–H and O–H groups in total. The SMILES string of the molecule is Cc1nc(C(F)(F)F)c(CN2CC[C@H](N)C2)s1.Cl. The molecule has 8 heteroatoms. The summed E-state index contributed by atoms with van der Waals surface area (Å²) in [4.78, 5) is 5.83. The van der Waals surface area contributed by atoms with Crippen molar-refractivity contribution in [1.29, 1.82) is 0 Å². The summed E-state index contributed by atoms with van der Waals surface area (Å²) in [5, 5.41) is 0.454. The number of halogens is 4. The molecule has 0 spiro atoms. The zero-order valence-electron chi connectivity index (χ0n) is 9.83. The van der Waals surface area contributed by atoms with Gasteiger partial charge < -0.3 is 5.73 Å². The number of aromatic nitrogens is 1. The Bertz CT molecular complexity index is 408. The maximum absolute atomic E-state index is 12.7. The van der Waals surface area contributed by atoms with Crippen LogP contribution < -0.4 is 5.73 Å². The number of hydrogen-bond donors (Lipinski definition) is 1. The summed E-state index contributed by atoms with van der Waals surface area (Å²) in [6.45, 7) is 3.32. The molecule has 18 heavy (non-hydrogen) atoms. The van der Waals surface area contributed by atoms with E-state index in [4.69, 9.17) is 5.73 Å². The molecule has 1 aliphatic rings. The van der Waals surface area contributed by atoms with Crippen LogP contribution in [0.15, 0.2) is 0 Å². The number of aryl methyl sites for hydroxylation is 1. The van der Waals surface area contributed by atoms with Crippen molar-refractivity contribution in [3.8, 4) is 0 Å². The summed E-state index contributed by atoms with van der Waals surface area (Å²) in [5.74, 6) is 0. The first-order chi connectivity index (χ1) is 7.86. The molecule has 0 aliphatic carbocycles. The Balaban J connectivity index is 0.00000162. The van der Waals surface area contributed by atoms with Crippen LogP contribution in [0.25, 0.3) is 0 Å². The lowest BCUT2D eigenvalue weighted by molar-refractivity contribution is -0.141. The van der Waals surface area contributed by atoms with Gasteiger partial charge in [-0.05, 0) is 13.3 Å². The van der Waals surface area contributed by atoms with Crippen LogP contribution >= 0.6 is 23.7 Å². The number of hydrogen-bond acceptors (Lipinski definition) is 4. The minimum absolute atomic E-state index is 0. The van der Waals surface area contributed by atoms with Crippen molar-refractivity contribution >= 4 is 23.7 Å². The highest BCUT2D eigenvalue weighted by atomic mass is 35.5. The molecule has 0 amide bonds.